The Labute approximate surface area is 169 Å². The molecule has 0 radical (unpaired) electrons. The normalized spacial score (nSPS) is 12.5. The number of aryl methyl sites for hydroxylation is 1. The van der Waals surface area contributed by atoms with Crippen LogP contribution >= 0.6 is 0 Å². The fraction of sp³-hybridized carbons (Fsp3) is 0.150. The molecule has 9 nitrogen and oxygen atoms in total. The van der Waals surface area contributed by atoms with Gasteiger partial charge in [-0.15, -0.1) is 0 Å². The molecule has 0 amide bonds. The van der Waals surface area contributed by atoms with Crippen LogP contribution in [0.1, 0.15) is 18.8 Å². The van der Waals surface area contributed by atoms with Crippen LogP contribution in [-0.4, -0.2) is 34.7 Å². The number of hydrogen-bond acceptors (Lipinski definition) is 6. The Morgan fingerprint density at radius 2 is 1.97 bits per heavy atom. The second-order valence-electron chi connectivity index (χ2n) is 6.99. The van der Waals surface area contributed by atoms with Crippen molar-refractivity contribution in [1.29, 1.82) is 0 Å². The third kappa shape index (κ3) is 2.98. The highest BCUT2D eigenvalue weighted by Crippen LogP contribution is 2.32. The predicted octanol–water partition coefficient (Wildman–Crippen LogP) is 2.91. The lowest BCUT2D eigenvalue weighted by molar-refractivity contribution is 0.629. The highest BCUT2D eigenvalue weighted by atomic mass is 19.1. The molecule has 0 aliphatic rings. The number of hydrogen-bond donors (Lipinski definition) is 3. The van der Waals surface area contributed by atoms with Crippen LogP contribution in [0.15, 0.2) is 47.7 Å². The standard InChI is InChI=1S/C20H17FN8O/c1-10(18-22-6-3-7-23-18)24-17-15(20(30)27-14-9-29(2)28-16(14)17)19-25-12-5-4-11(21)8-13(12)26-19/h3-10,24H,1-2H3,(H,25,26)(H,27,30)/t10-/m0/s1. The van der Waals surface area contributed by atoms with Crippen molar-refractivity contribution in [2.24, 2.45) is 7.05 Å². The number of nitrogens with one attached hydrogen (secondary N) is 3. The lowest BCUT2D eigenvalue weighted by Crippen LogP contribution is -2.17. The van der Waals surface area contributed by atoms with Crippen LogP contribution in [0.5, 0.6) is 0 Å². The Balaban J connectivity index is 1.73. The highest BCUT2D eigenvalue weighted by Gasteiger charge is 2.22. The molecule has 3 N–H and O–H groups in total. The lowest BCUT2D eigenvalue weighted by atomic mass is 10.1. The van der Waals surface area contributed by atoms with E-state index < -0.39 is 0 Å². The van der Waals surface area contributed by atoms with Crippen molar-refractivity contribution in [3.63, 3.8) is 0 Å². The Bertz CT molecular complexity index is 1440. The van der Waals surface area contributed by atoms with E-state index >= 15 is 0 Å². The zero-order chi connectivity index (χ0) is 20.8. The third-order valence-electron chi connectivity index (χ3n) is 4.81. The van der Waals surface area contributed by atoms with Crippen molar-refractivity contribution >= 4 is 27.8 Å². The summed E-state index contributed by atoms with van der Waals surface area (Å²) in [4.78, 5) is 32.0. The van der Waals surface area contributed by atoms with Crippen molar-refractivity contribution in [2.75, 3.05) is 5.32 Å². The highest BCUT2D eigenvalue weighted by molar-refractivity contribution is 5.96. The molecule has 30 heavy (non-hydrogen) atoms. The summed E-state index contributed by atoms with van der Waals surface area (Å²) in [6, 6.07) is 5.66. The quantitative estimate of drug-likeness (QED) is 0.424. The smallest absolute Gasteiger partial charge is 0.261 e. The van der Waals surface area contributed by atoms with Gasteiger partial charge in [-0.3, -0.25) is 9.48 Å². The molecule has 1 aromatic carbocycles. The van der Waals surface area contributed by atoms with E-state index in [2.05, 4.69) is 35.3 Å². The molecule has 5 aromatic rings. The van der Waals surface area contributed by atoms with Crippen LogP contribution < -0.4 is 10.9 Å². The van der Waals surface area contributed by atoms with E-state index in [1.54, 1.807) is 42.5 Å². The van der Waals surface area contributed by atoms with Gasteiger partial charge in [0.05, 0.1) is 28.3 Å². The average molecular weight is 404 g/mol. The molecule has 4 aromatic heterocycles. The summed E-state index contributed by atoms with van der Waals surface area (Å²) in [7, 11) is 1.77. The molecule has 5 rings (SSSR count). The van der Waals surface area contributed by atoms with Crippen molar-refractivity contribution in [3.05, 3.63) is 64.9 Å². The van der Waals surface area contributed by atoms with E-state index in [0.29, 0.717) is 39.4 Å². The molecular weight excluding hydrogens is 387 g/mol. The van der Waals surface area contributed by atoms with Crippen molar-refractivity contribution in [3.8, 4) is 11.4 Å². The Morgan fingerprint density at radius 1 is 1.17 bits per heavy atom. The zero-order valence-electron chi connectivity index (χ0n) is 16.1. The van der Waals surface area contributed by atoms with E-state index in [9.17, 15) is 9.18 Å². The van der Waals surface area contributed by atoms with Gasteiger partial charge in [0.2, 0.25) is 0 Å². The molecule has 1 atom stereocenters. The van der Waals surface area contributed by atoms with Crippen LogP contribution in [0.3, 0.4) is 0 Å². The molecule has 0 spiro atoms. The molecule has 0 unspecified atom stereocenters. The van der Waals surface area contributed by atoms with Gasteiger partial charge in [0.1, 0.15) is 28.5 Å². The van der Waals surface area contributed by atoms with Gasteiger partial charge in [0.25, 0.3) is 5.56 Å². The number of aromatic amines is 2. The van der Waals surface area contributed by atoms with Gasteiger partial charge >= 0.3 is 0 Å². The largest absolute Gasteiger partial charge is 0.373 e. The van der Waals surface area contributed by atoms with Crippen LogP contribution in [0.25, 0.3) is 33.5 Å². The van der Waals surface area contributed by atoms with E-state index in [4.69, 9.17) is 0 Å². The maximum Gasteiger partial charge on any atom is 0.261 e. The Hall–Kier alpha value is -4.08. The molecule has 10 heteroatoms. The van der Waals surface area contributed by atoms with Crippen LogP contribution in [0.4, 0.5) is 10.1 Å². The molecule has 4 heterocycles. The summed E-state index contributed by atoms with van der Waals surface area (Å²) in [5.41, 5.74) is 2.62. The summed E-state index contributed by atoms with van der Waals surface area (Å²) in [5.74, 6) is 0.493. The molecule has 0 fully saturated rings. The molecule has 150 valence electrons. The number of imidazole rings is 1. The second kappa shape index (κ2) is 6.76. The predicted molar refractivity (Wildman–Crippen MR) is 110 cm³/mol. The first-order valence-corrected chi connectivity index (χ1v) is 9.28. The first-order chi connectivity index (χ1) is 14.5. The molecule has 0 saturated carbocycles. The Kier molecular flexibility index (Phi) is 4.05. The number of pyridine rings is 1. The zero-order valence-corrected chi connectivity index (χ0v) is 16.1. The average Bonchev–Trinajstić information content (AvgIpc) is 3.30. The minimum atomic E-state index is -0.389. The topological polar surface area (TPSA) is 117 Å². The summed E-state index contributed by atoms with van der Waals surface area (Å²) in [6.45, 7) is 1.89. The third-order valence-corrected chi connectivity index (χ3v) is 4.81. The summed E-state index contributed by atoms with van der Waals surface area (Å²) >= 11 is 0. The van der Waals surface area contributed by atoms with E-state index in [0.717, 1.165) is 0 Å². The van der Waals surface area contributed by atoms with E-state index in [1.165, 1.54) is 12.1 Å². The van der Waals surface area contributed by atoms with Gasteiger partial charge in [0.15, 0.2) is 0 Å². The molecule has 0 saturated heterocycles. The fourth-order valence-corrected chi connectivity index (χ4v) is 3.46. The molecule has 0 bridgehead atoms. The van der Waals surface area contributed by atoms with Crippen LogP contribution in [0.2, 0.25) is 0 Å². The minimum Gasteiger partial charge on any atom is -0.373 e. The Morgan fingerprint density at radius 3 is 2.77 bits per heavy atom. The number of H-pyrrole nitrogens is 2. The van der Waals surface area contributed by atoms with Gasteiger partial charge < -0.3 is 15.3 Å². The van der Waals surface area contributed by atoms with Crippen LogP contribution in [-0.2, 0) is 7.05 Å². The van der Waals surface area contributed by atoms with Gasteiger partial charge in [-0.2, -0.15) is 5.10 Å². The molecular formula is C20H17FN8O. The fourth-order valence-electron chi connectivity index (χ4n) is 3.46. The number of benzene rings is 1. The van der Waals surface area contributed by atoms with Gasteiger partial charge in [-0.1, -0.05) is 0 Å². The first-order valence-electron chi connectivity index (χ1n) is 9.28. The first kappa shape index (κ1) is 18.0. The second-order valence-corrected chi connectivity index (χ2v) is 6.99. The van der Waals surface area contributed by atoms with Gasteiger partial charge in [-0.25, -0.2) is 19.3 Å². The molecule has 0 aliphatic carbocycles. The lowest BCUT2D eigenvalue weighted by Gasteiger charge is -2.16. The molecule has 0 aliphatic heterocycles. The van der Waals surface area contributed by atoms with Crippen molar-refractivity contribution in [2.45, 2.75) is 13.0 Å². The van der Waals surface area contributed by atoms with Crippen LogP contribution in [0, 0.1) is 5.82 Å². The summed E-state index contributed by atoms with van der Waals surface area (Å²) in [6.07, 6.45) is 5.04. The van der Waals surface area contributed by atoms with E-state index in [1.807, 2.05) is 6.92 Å². The maximum absolute atomic E-state index is 13.6. The number of halogens is 1. The van der Waals surface area contributed by atoms with Crippen molar-refractivity contribution < 1.29 is 4.39 Å². The minimum absolute atomic E-state index is 0.278. The van der Waals surface area contributed by atoms with E-state index in [-0.39, 0.29) is 23.0 Å². The number of anilines is 1. The number of nitrogens with zero attached hydrogens (tertiary/aromatic N) is 5. The number of fused-ring (bicyclic) bond motifs is 2. The van der Waals surface area contributed by atoms with Crippen molar-refractivity contribution in [1.82, 2.24) is 34.7 Å². The SMILES string of the molecule is C[C@H](Nc1c(-c2nc3ccc(F)cc3[nH]2)c(=O)[nH]c2cn(C)nc12)c1ncccn1. The monoisotopic (exact) mass is 404 g/mol. The maximum atomic E-state index is 13.6. The number of aromatic nitrogens is 7. The number of rotatable bonds is 4. The van der Waals surface area contributed by atoms with Gasteiger partial charge in [0, 0.05) is 25.6 Å². The van der Waals surface area contributed by atoms with Gasteiger partial charge in [-0.05, 0) is 31.2 Å². The summed E-state index contributed by atoms with van der Waals surface area (Å²) < 4.78 is 15.2. The summed E-state index contributed by atoms with van der Waals surface area (Å²) in [5, 5.41) is 7.82.